The Morgan fingerprint density at radius 2 is 2.06 bits per heavy atom. The molecule has 0 aliphatic heterocycles. The number of aliphatic hydroxyl groups is 1. The summed E-state index contributed by atoms with van der Waals surface area (Å²) in [7, 11) is 1.22. The van der Waals surface area contributed by atoms with Crippen molar-refractivity contribution in [2.24, 2.45) is 0 Å². The van der Waals surface area contributed by atoms with E-state index in [-0.39, 0.29) is 5.75 Å². The third kappa shape index (κ3) is 2.13. The average Bonchev–Trinajstić information content (AvgIpc) is 2.37. The van der Waals surface area contributed by atoms with Gasteiger partial charge in [-0.25, -0.2) is 4.79 Å². The molecule has 0 bridgehead atoms. The molecule has 0 heterocycles. The normalized spacial score (nSPS) is 16.1. The number of methoxy groups -OCH3 is 1. The number of aliphatic hydroxyl groups excluding tert-OH is 1. The van der Waals surface area contributed by atoms with Crippen LogP contribution in [-0.2, 0) is 22.4 Å². The van der Waals surface area contributed by atoms with E-state index in [9.17, 15) is 15.0 Å². The second-order valence-electron chi connectivity index (χ2n) is 4.27. The summed E-state index contributed by atoms with van der Waals surface area (Å²) in [6, 6.07) is 3.39. The van der Waals surface area contributed by atoms with Crippen LogP contribution in [0.25, 0.3) is 0 Å². The Labute approximate surface area is 99.8 Å². The lowest BCUT2D eigenvalue weighted by atomic mass is 9.86. The molecule has 17 heavy (non-hydrogen) atoms. The van der Waals surface area contributed by atoms with Gasteiger partial charge in [0.05, 0.1) is 7.11 Å². The van der Waals surface area contributed by atoms with Crippen molar-refractivity contribution >= 4 is 5.97 Å². The minimum absolute atomic E-state index is 0.0384. The largest absolute Gasteiger partial charge is 0.508 e. The number of hydrogen-bond acceptors (Lipinski definition) is 4. The van der Waals surface area contributed by atoms with Crippen molar-refractivity contribution in [2.45, 2.75) is 31.8 Å². The van der Waals surface area contributed by atoms with E-state index < -0.39 is 12.1 Å². The van der Waals surface area contributed by atoms with Crippen LogP contribution in [0.1, 0.15) is 35.6 Å². The van der Waals surface area contributed by atoms with E-state index in [1.54, 1.807) is 0 Å². The molecule has 1 aliphatic carbocycles. The Hall–Kier alpha value is -1.55. The first-order valence-corrected chi connectivity index (χ1v) is 5.74. The topological polar surface area (TPSA) is 66.8 Å². The summed E-state index contributed by atoms with van der Waals surface area (Å²) in [5, 5.41) is 19.7. The van der Waals surface area contributed by atoms with Gasteiger partial charge < -0.3 is 14.9 Å². The van der Waals surface area contributed by atoms with Crippen LogP contribution in [-0.4, -0.2) is 23.3 Å². The molecular formula is C13H16O4. The van der Waals surface area contributed by atoms with Gasteiger partial charge in [-0.1, -0.05) is 6.07 Å². The highest BCUT2D eigenvalue weighted by Gasteiger charge is 2.27. The molecule has 0 amide bonds. The highest BCUT2D eigenvalue weighted by atomic mass is 16.5. The number of hydrogen-bond donors (Lipinski definition) is 2. The summed E-state index contributed by atoms with van der Waals surface area (Å²) in [4.78, 5) is 11.4. The monoisotopic (exact) mass is 236 g/mol. The first kappa shape index (κ1) is 11.9. The number of rotatable bonds is 2. The molecule has 4 nitrogen and oxygen atoms in total. The smallest absolute Gasteiger partial charge is 0.339 e. The van der Waals surface area contributed by atoms with Crippen molar-refractivity contribution in [3.63, 3.8) is 0 Å². The highest BCUT2D eigenvalue weighted by Crippen LogP contribution is 2.35. The van der Waals surface area contributed by atoms with Gasteiger partial charge in [0.15, 0.2) is 6.10 Å². The van der Waals surface area contributed by atoms with Gasteiger partial charge in [0, 0.05) is 5.56 Å². The lowest BCUT2D eigenvalue weighted by molar-refractivity contribution is -0.150. The molecule has 0 saturated carbocycles. The SMILES string of the molecule is COC(=O)C(O)c1c(O)ccc2c1CCCC2. The predicted molar refractivity (Wildman–Crippen MR) is 61.7 cm³/mol. The maximum atomic E-state index is 11.4. The molecule has 0 radical (unpaired) electrons. The fourth-order valence-electron chi connectivity index (χ4n) is 2.38. The number of carbonyl (C=O) groups is 1. The Morgan fingerprint density at radius 3 is 2.76 bits per heavy atom. The number of aryl methyl sites for hydroxylation is 1. The van der Waals surface area contributed by atoms with Crippen molar-refractivity contribution in [2.75, 3.05) is 7.11 Å². The molecule has 92 valence electrons. The van der Waals surface area contributed by atoms with E-state index in [1.807, 2.05) is 6.07 Å². The van der Waals surface area contributed by atoms with Crippen LogP contribution in [0.2, 0.25) is 0 Å². The zero-order valence-electron chi connectivity index (χ0n) is 9.77. The molecule has 1 aromatic carbocycles. The summed E-state index contributed by atoms with van der Waals surface area (Å²) in [5.41, 5.74) is 2.32. The number of phenols is 1. The van der Waals surface area contributed by atoms with E-state index in [4.69, 9.17) is 0 Å². The molecule has 2 rings (SSSR count). The van der Waals surface area contributed by atoms with Crippen LogP contribution in [0.15, 0.2) is 12.1 Å². The van der Waals surface area contributed by atoms with Crippen molar-refractivity contribution in [1.82, 2.24) is 0 Å². The maximum absolute atomic E-state index is 11.4. The Morgan fingerprint density at radius 1 is 1.35 bits per heavy atom. The first-order valence-electron chi connectivity index (χ1n) is 5.74. The van der Waals surface area contributed by atoms with Gasteiger partial charge in [0.2, 0.25) is 0 Å². The standard InChI is InChI=1S/C13H16O4/c1-17-13(16)12(15)11-9-5-3-2-4-8(9)6-7-10(11)14/h6-7,12,14-15H,2-5H2,1H3. The molecule has 0 aromatic heterocycles. The summed E-state index contributed by atoms with van der Waals surface area (Å²) >= 11 is 0. The molecule has 1 unspecified atom stereocenters. The number of phenolic OH excluding ortho intramolecular Hbond substituents is 1. The Balaban J connectivity index is 2.48. The first-order chi connectivity index (χ1) is 8.15. The van der Waals surface area contributed by atoms with Gasteiger partial charge in [0.1, 0.15) is 5.75 Å². The Bertz CT molecular complexity index is 439. The van der Waals surface area contributed by atoms with Gasteiger partial charge in [-0.2, -0.15) is 0 Å². The van der Waals surface area contributed by atoms with E-state index >= 15 is 0 Å². The summed E-state index contributed by atoms with van der Waals surface area (Å²) in [6.07, 6.45) is 2.43. The molecule has 0 fully saturated rings. The number of aromatic hydroxyl groups is 1. The Kier molecular flexibility index (Phi) is 3.33. The minimum atomic E-state index is -1.40. The molecule has 2 N–H and O–H groups in total. The molecule has 1 aliphatic rings. The van der Waals surface area contributed by atoms with E-state index in [2.05, 4.69) is 4.74 Å². The minimum Gasteiger partial charge on any atom is -0.508 e. The fourth-order valence-corrected chi connectivity index (χ4v) is 2.38. The van der Waals surface area contributed by atoms with Crippen molar-refractivity contribution in [1.29, 1.82) is 0 Å². The van der Waals surface area contributed by atoms with Gasteiger partial charge in [-0.05, 0) is 42.9 Å². The highest BCUT2D eigenvalue weighted by molar-refractivity contribution is 5.78. The maximum Gasteiger partial charge on any atom is 0.339 e. The number of benzene rings is 1. The second-order valence-corrected chi connectivity index (χ2v) is 4.27. The van der Waals surface area contributed by atoms with E-state index in [0.29, 0.717) is 5.56 Å². The summed E-state index contributed by atoms with van der Waals surface area (Å²) < 4.78 is 4.51. The van der Waals surface area contributed by atoms with Crippen molar-refractivity contribution in [3.05, 3.63) is 28.8 Å². The quantitative estimate of drug-likeness (QED) is 0.763. The third-order valence-corrected chi connectivity index (χ3v) is 3.25. The molecule has 1 atom stereocenters. The van der Waals surface area contributed by atoms with Crippen LogP contribution in [0.3, 0.4) is 0 Å². The van der Waals surface area contributed by atoms with Gasteiger partial charge >= 0.3 is 5.97 Å². The molecule has 0 spiro atoms. The fraction of sp³-hybridized carbons (Fsp3) is 0.462. The number of fused-ring (bicyclic) bond motifs is 1. The zero-order chi connectivity index (χ0) is 12.4. The molecule has 1 aromatic rings. The van der Waals surface area contributed by atoms with Crippen molar-refractivity contribution in [3.8, 4) is 5.75 Å². The van der Waals surface area contributed by atoms with E-state index in [1.165, 1.54) is 13.2 Å². The van der Waals surface area contributed by atoms with Crippen LogP contribution in [0.4, 0.5) is 0 Å². The lowest BCUT2D eigenvalue weighted by Crippen LogP contribution is -2.17. The van der Waals surface area contributed by atoms with Crippen LogP contribution in [0.5, 0.6) is 5.75 Å². The number of carbonyl (C=O) groups excluding carboxylic acids is 1. The summed E-state index contributed by atoms with van der Waals surface area (Å²) in [6.45, 7) is 0. The average molecular weight is 236 g/mol. The van der Waals surface area contributed by atoms with Crippen LogP contribution < -0.4 is 0 Å². The van der Waals surface area contributed by atoms with Gasteiger partial charge in [0.25, 0.3) is 0 Å². The molecule has 4 heteroatoms. The predicted octanol–water partition coefficient (Wildman–Crippen LogP) is 1.48. The molecule has 0 saturated heterocycles. The van der Waals surface area contributed by atoms with Crippen LogP contribution in [0, 0.1) is 0 Å². The van der Waals surface area contributed by atoms with Gasteiger partial charge in [-0.15, -0.1) is 0 Å². The third-order valence-electron chi connectivity index (χ3n) is 3.25. The number of ether oxygens (including phenoxy) is 1. The summed E-state index contributed by atoms with van der Waals surface area (Å²) in [5.74, 6) is -0.775. The lowest BCUT2D eigenvalue weighted by Gasteiger charge is -2.22. The second kappa shape index (κ2) is 4.75. The number of esters is 1. The molecular weight excluding hydrogens is 220 g/mol. The zero-order valence-corrected chi connectivity index (χ0v) is 9.77. The van der Waals surface area contributed by atoms with Crippen LogP contribution >= 0.6 is 0 Å². The van der Waals surface area contributed by atoms with E-state index in [0.717, 1.165) is 36.8 Å². The van der Waals surface area contributed by atoms with Crippen molar-refractivity contribution < 1.29 is 19.7 Å². The van der Waals surface area contributed by atoms with Gasteiger partial charge in [-0.3, -0.25) is 0 Å².